The highest BCUT2D eigenvalue weighted by Crippen LogP contribution is 2.17. The van der Waals surface area contributed by atoms with E-state index in [0.717, 1.165) is 0 Å². The number of pyridine rings is 1. The molecule has 1 aromatic carbocycles. The normalized spacial score (nSPS) is 11.3. The number of nitrogens with zero attached hydrogens (tertiary/aromatic N) is 1. The van der Waals surface area contributed by atoms with Crippen molar-refractivity contribution in [1.82, 2.24) is 0 Å². The van der Waals surface area contributed by atoms with Crippen molar-refractivity contribution in [1.29, 1.82) is 0 Å². The minimum atomic E-state index is -3.79. The van der Waals surface area contributed by atoms with E-state index < -0.39 is 10.0 Å². The minimum absolute atomic E-state index is 0.0873. The van der Waals surface area contributed by atoms with Crippen LogP contribution in [0.2, 0.25) is 0 Å². The molecular weight excluding hydrogens is 284 g/mol. The van der Waals surface area contributed by atoms with E-state index in [9.17, 15) is 13.6 Å². The van der Waals surface area contributed by atoms with Crippen molar-refractivity contribution in [3.8, 4) is 0 Å². The lowest BCUT2D eigenvalue weighted by Gasteiger charge is -2.11. The van der Waals surface area contributed by atoms with Gasteiger partial charge in [0.25, 0.3) is 5.82 Å². The van der Waals surface area contributed by atoms with Crippen molar-refractivity contribution in [3.63, 3.8) is 0 Å². The molecule has 0 aliphatic carbocycles. The van der Waals surface area contributed by atoms with Crippen LogP contribution in [0, 0.1) is 12.1 Å². The molecule has 1 heterocycles. The zero-order valence-electron chi connectivity index (χ0n) is 10.1. The fourth-order valence-electron chi connectivity index (χ4n) is 1.61. The number of sulfonamides is 1. The van der Waals surface area contributed by atoms with E-state index in [1.807, 2.05) is 0 Å². The van der Waals surface area contributed by atoms with Crippen molar-refractivity contribution < 1.29 is 13.1 Å². The molecule has 19 heavy (non-hydrogen) atoms. The molecule has 0 amide bonds. The zero-order chi connectivity index (χ0) is 14.0. The van der Waals surface area contributed by atoms with Crippen LogP contribution in [0.4, 0.5) is 5.82 Å². The van der Waals surface area contributed by atoms with Crippen LogP contribution in [0.5, 0.6) is 0 Å². The topological polar surface area (TPSA) is 73.1 Å². The van der Waals surface area contributed by atoms with Crippen LogP contribution in [0.25, 0.3) is 0 Å². The van der Waals surface area contributed by atoms with E-state index in [4.69, 9.17) is 0 Å². The average molecular weight is 296 g/mol. The number of benzene rings is 1. The molecule has 0 spiro atoms. The van der Waals surface area contributed by atoms with E-state index in [0.29, 0.717) is 10.3 Å². The first kappa shape index (κ1) is 13.7. The molecular formula is C12H12N2O3S2. The van der Waals surface area contributed by atoms with Crippen molar-refractivity contribution >= 4 is 28.5 Å². The lowest BCUT2D eigenvalue weighted by Crippen LogP contribution is -2.34. The molecule has 0 atom stereocenters. The van der Waals surface area contributed by atoms with Crippen LogP contribution in [0.1, 0.15) is 5.56 Å². The molecule has 0 unspecified atom stereocenters. The van der Waals surface area contributed by atoms with E-state index >= 15 is 0 Å². The van der Waals surface area contributed by atoms with Crippen LogP contribution in [-0.2, 0) is 10.0 Å². The summed E-state index contributed by atoms with van der Waals surface area (Å²) < 4.78 is 27.1. The van der Waals surface area contributed by atoms with Crippen molar-refractivity contribution in [2.45, 2.75) is 16.8 Å². The van der Waals surface area contributed by atoms with E-state index in [-0.39, 0.29) is 15.7 Å². The molecule has 7 heteroatoms. The van der Waals surface area contributed by atoms with Gasteiger partial charge >= 0.3 is 10.0 Å². The smallest absolute Gasteiger partial charge is 0.329 e. The third-order valence-electron chi connectivity index (χ3n) is 2.55. The maximum atomic E-state index is 12.2. The fraction of sp³-hybridized carbons (Fsp3) is 0.0833. The van der Waals surface area contributed by atoms with Crippen molar-refractivity contribution in [2.75, 3.05) is 4.72 Å². The summed E-state index contributed by atoms with van der Waals surface area (Å²) in [5.74, 6) is -0.0873. The van der Waals surface area contributed by atoms with E-state index in [1.165, 1.54) is 18.2 Å². The van der Waals surface area contributed by atoms with Crippen molar-refractivity contribution in [3.05, 3.63) is 53.2 Å². The van der Waals surface area contributed by atoms with Gasteiger partial charge in [0, 0.05) is 6.07 Å². The molecule has 0 aliphatic rings. The van der Waals surface area contributed by atoms with Gasteiger partial charge < -0.3 is 5.21 Å². The van der Waals surface area contributed by atoms with Crippen LogP contribution in [0.15, 0.2) is 52.4 Å². The second-order valence-electron chi connectivity index (χ2n) is 3.93. The lowest BCUT2D eigenvalue weighted by molar-refractivity contribution is -0.630. The second-order valence-corrected chi connectivity index (χ2v) is 6.04. The zero-order valence-corrected chi connectivity index (χ0v) is 11.8. The van der Waals surface area contributed by atoms with E-state index in [1.54, 1.807) is 31.2 Å². The first-order chi connectivity index (χ1) is 8.92. The van der Waals surface area contributed by atoms with Gasteiger partial charge in [-0.05, 0) is 30.7 Å². The molecule has 0 fully saturated rings. The number of hydrogen-bond acceptors (Lipinski definition) is 4. The van der Waals surface area contributed by atoms with Crippen LogP contribution < -0.4 is 9.45 Å². The maximum Gasteiger partial charge on any atom is 0.329 e. The summed E-state index contributed by atoms with van der Waals surface area (Å²) in [7, 11) is -3.79. The second kappa shape index (κ2) is 5.10. The quantitative estimate of drug-likeness (QED) is 0.514. The summed E-state index contributed by atoms with van der Waals surface area (Å²) in [6.07, 6.45) is 0. The van der Waals surface area contributed by atoms with Gasteiger partial charge in [-0.1, -0.05) is 18.2 Å². The average Bonchev–Trinajstić information content (AvgIpc) is 2.35. The predicted octanol–water partition coefficient (Wildman–Crippen LogP) is 1.72. The van der Waals surface area contributed by atoms with Gasteiger partial charge in [0.05, 0.1) is 0 Å². The van der Waals surface area contributed by atoms with E-state index in [2.05, 4.69) is 17.4 Å². The lowest BCUT2D eigenvalue weighted by atomic mass is 10.2. The monoisotopic (exact) mass is 296 g/mol. The molecule has 0 radical (unpaired) electrons. The fourth-order valence-corrected chi connectivity index (χ4v) is 3.09. The molecule has 2 rings (SSSR count). The molecule has 0 aliphatic heterocycles. The number of anilines is 1. The predicted molar refractivity (Wildman–Crippen MR) is 74.6 cm³/mol. The van der Waals surface area contributed by atoms with Gasteiger partial charge in [0.1, 0.15) is 4.90 Å². The van der Waals surface area contributed by atoms with Gasteiger partial charge in [-0.2, -0.15) is 13.1 Å². The Morgan fingerprint density at radius 2 is 1.84 bits per heavy atom. The standard InChI is InChI=1S/C12H12N2O3S2/c1-9-5-2-3-6-10(9)19(16,17)13-11-7-4-8-12(18)14(11)15/h2-8,13,18H,1H3. The number of aryl methyl sites for hydroxylation is 1. The molecule has 1 N–H and O–H groups in total. The summed E-state index contributed by atoms with van der Waals surface area (Å²) in [6.45, 7) is 1.69. The SMILES string of the molecule is Cc1ccccc1S(=O)(=O)Nc1cccc(S)[n+]1[O-]. The summed E-state index contributed by atoms with van der Waals surface area (Å²) in [6, 6.07) is 10.9. The molecule has 1 aromatic heterocycles. The molecule has 0 saturated carbocycles. The van der Waals surface area contributed by atoms with Gasteiger partial charge in [-0.25, -0.2) is 4.73 Å². The van der Waals surface area contributed by atoms with Crippen LogP contribution >= 0.6 is 12.6 Å². The van der Waals surface area contributed by atoms with Gasteiger partial charge in [0.2, 0.25) is 0 Å². The molecule has 100 valence electrons. The third-order valence-corrected chi connectivity index (χ3v) is 4.39. The molecule has 2 aromatic rings. The van der Waals surface area contributed by atoms with Crippen LogP contribution in [0.3, 0.4) is 0 Å². The minimum Gasteiger partial charge on any atom is -0.710 e. The number of aromatic nitrogens is 1. The Hall–Kier alpha value is -1.73. The van der Waals surface area contributed by atoms with Gasteiger partial charge in [-0.15, -0.1) is 12.6 Å². The number of hydrogen-bond donors (Lipinski definition) is 2. The summed E-state index contributed by atoms with van der Waals surface area (Å²) in [5.41, 5.74) is 0.606. The first-order valence-electron chi connectivity index (χ1n) is 5.42. The van der Waals surface area contributed by atoms with Gasteiger partial charge in [0.15, 0.2) is 5.03 Å². The Bertz CT molecular complexity index is 715. The van der Waals surface area contributed by atoms with Crippen molar-refractivity contribution in [2.24, 2.45) is 0 Å². The molecule has 5 nitrogen and oxygen atoms in total. The largest absolute Gasteiger partial charge is 0.710 e. The number of rotatable bonds is 3. The number of nitrogens with one attached hydrogen (secondary N) is 1. The highest BCUT2D eigenvalue weighted by molar-refractivity contribution is 7.92. The highest BCUT2D eigenvalue weighted by atomic mass is 32.2. The Labute approximate surface area is 116 Å². The Balaban J connectivity index is 2.43. The van der Waals surface area contributed by atoms with Crippen LogP contribution in [-0.4, -0.2) is 8.42 Å². The summed E-state index contributed by atoms with van der Waals surface area (Å²) in [4.78, 5) is 0.138. The summed E-state index contributed by atoms with van der Waals surface area (Å²) >= 11 is 3.94. The Kier molecular flexibility index (Phi) is 3.68. The third kappa shape index (κ3) is 2.82. The first-order valence-corrected chi connectivity index (χ1v) is 7.35. The Morgan fingerprint density at radius 1 is 1.16 bits per heavy atom. The highest BCUT2D eigenvalue weighted by Gasteiger charge is 2.22. The van der Waals surface area contributed by atoms with Gasteiger partial charge in [-0.3, -0.25) is 0 Å². The molecule has 0 saturated heterocycles. The maximum absolute atomic E-state index is 12.2. The number of thiol groups is 1. The Morgan fingerprint density at radius 3 is 2.53 bits per heavy atom. The summed E-state index contributed by atoms with van der Waals surface area (Å²) in [5, 5.41) is 11.8. The molecule has 0 bridgehead atoms.